The topological polar surface area (TPSA) is 55.2 Å². The summed E-state index contributed by atoms with van der Waals surface area (Å²) in [7, 11) is 0. The minimum absolute atomic E-state index is 0.407. The normalized spacial score (nSPS) is 11.4. The Kier molecular flexibility index (Phi) is 3.52. The van der Waals surface area contributed by atoms with Gasteiger partial charge in [0.25, 0.3) is 0 Å². The van der Waals surface area contributed by atoms with Gasteiger partial charge in [0.15, 0.2) is 11.5 Å². The number of phenolic OH excluding ortho intramolecular Hbond substituents is 1. The number of hydrogen-bond acceptors (Lipinski definition) is 4. The molecule has 0 aliphatic carbocycles. The summed E-state index contributed by atoms with van der Waals surface area (Å²) in [5.74, 6) is -0.753. The summed E-state index contributed by atoms with van der Waals surface area (Å²) in [5, 5.41) is 9.41. The van der Waals surface area contributed by atoms with Crippen molar-refractivity contribution in [1.82, 2.24) is 9.97 Å². The van der Waals surface area contributed by atoms with E-state index in [1.807, 2.05) is 0 Å². The highest BCUT2D eigenvalue weighted by molar-refractivity contribution is 5.66. The van der Waals surface area contributed by atoms with Gasteiger partial charge in [-0.25, -0.2) is 9.97 Å². The van der Waals surface area contributed by atoms with Crippen molar-refractivity contribution in [2.75, 3.05) is 0 Å². The van der Waals surface area contributed by atoms with Crippen LogP contribution in [0.3, 0.4) is 0 Å². The summed E-state index contributed by atoms with van der Waals surface area (Å²) in [6.45, 7) is 3.42. The number of aromatic nitrogens is 2. The van der Waals surface area contributed by atoms with Gasteiger partial charge in [0, 0.05) is 11.8 Å². The highest BCUT2D eigenvalue weighted by Gasteiger charge is 2.32. The van der Waals surface area contributed by atoms with Crippen molar-refractivity contribution < 1.29 is 23.0 Å². The van der Waals surface area contributed by atoms with Crippen LogP contribution >= 0.6 is 0 Å². The summed E-state index contributed by atoms with van der Waals surface area (Å²) in [5.41, 5.74) is 1.61. The molecule has 0 saturated heterocycles. The van der Waals surface area contributed by atoms with Crippen LogP contribution in [-0.4, -0.2) is 21.4 Å². The zero-order valence-electron chi connectivity index (χ0n) is 10.7. The van der Waals surface area contributed by atoms with Crippen molar-refractivity contribution in [3.8, 4) is 22.8 Å². The number of rotatable bonds is 2. The molecule has 0 bridgehead atoms. The van der Waals surface area contributed by atoms with E-state index in [2.05, 4.69) is 14.7 Å². The van der Waals surface area contributed by atoms with E-state index < -0.39 is 17.9 Å². The van der Waals surface area contributed by atoms with Crippen LogP contribution in [0.25, 0.3) is 11.3 Å². The third kappa shape index (κ3) is 3.17. The lowest BCUT2D eigenvalue weighted by atomic mass is 10.1. The van der Waals surface area contributed by atoms with Crippen molar-refractivity contribution in [2.24, 2.45) is 0 Å². The molecule has 7 heteroatoms. The minimum atomic E-state index is -4.87. The van der Waals surface area contributed by atoms with Crippen LogP contribution < -0.4 is 4.74 Å². The van der Waals surface area contributed by atoms with Crippen molar-refractivity contribution in [2.45, 2.75) is 20.2 Å². The van der Waals surface area contributed by atoms with E-state index in [0.717, 1.165) is 12.1 Å². The predicted molar refractivity (Wildman–Crippen MR) is 65.3 cm³/mol. The number of halogens is 3. The fraction of sp³-hybridized carbons (Fsp3) is 0.231. The maximum atomic E-state index is 12.2. The van der Waals surface area contributed by atoms with Gasteiger partial charge in [0.05, 0.1) is 5.69 Å². The fourth-order valence-corrected chi connectivity index (χ4v) is 1.69. The van der Waals surface area contributed by atoms with E-state index in [1.165, 1.54) is 6.07 Å². The second-order valence-corrected chi connectivity index (χ2v) is 4.18. The first-order valence-electron chi connectivity index (χ1n) is 5.65. The highest BCUT2D eigenvalue weighted by Crippen LogP contribution is 2.35. The molecule has 0 unspecified atom stereocenters. The summed E-state index contributed by atoms with van der Waals surface area (Å²) < 4.78 is 40.5. The standard InChI is InChI=1S/C13H11F3N2O2/c1-7-6-17-8(2)18-12(7)9-3-4-10(19)11(5-9)20-13(14,15)16/h3-6,19H,1-2H3. The van der Waals surface area contributed by atoms with Gasteiger partial charge in [-0.3, -0.25) is 0 Å². The monoisotopic (exact) mass is 284 g/mol. The molecule has 0 aliphatic rings. The Labute approximate surface area is 112 Å². The molecule has 1 aromatic heterocycles. The molecule has 0 atom stereocenters. The van der Waals surface area contributed by atoms with Crippen LogP contribution in [0.1, 0.15) is 11.4 Å². The van der Waals surface area contributed by atoms with Gasteiger partial charge < -0.3 is 9.84 Å². The molecule has 0 spiro atoms. The summed E-state index contributed by atoms with van der Waals surface area (Å²) >= 11 is 0. The summed E-state index contributed by atoms with van der Waals surface area (Å²) in [6.07, 6.45) is -3.29. The molecule has 2 rings (SSSR count). The third-order valence-corrected chi connectivity index (χ3v) is 2.55. The molecular formula is C13H11F3N2O2. The lowest BCUT2D eigenvalue weighted by Gasteiger charge is -2.12. The molecule has 0 fully saturated rings. The van der Waals surface area contributed by atoms with Crippen LogP contribution in [0.15, 0.2) is 24.4 Å². The Morgan fingerprint density at radius 2 is 1.90 bits per heavy atom. The predicted octanol–water partition coefficient (Wildman–Crippen LogP) is 3.36. The second-order valence-electron chi connectivity index (χ2n) is 4.18. The second kappa shape index (κ2) is 4.99. The number of ether oxygens (including phenoxy) is 1. The Bertz CT molecular complexity index is 642. The van der Waals surface area contributed by atoms with Crippen molar-refractivity contribution in [3.05, 3.63) is 35.8 Å². The minimum Gasteiger partial charge on any atom is -0.504 e. The number of aryl methyl sites for hydroxylation is 2. The molecule has 1 N–H and O–H groups in total. The van der Waals surface area contributed by atoms with Crippen LogP contribution in [0, 0.1) is 13.8 Å². The molecule has 0 aliphatic heterocycles. The number of phenols is 1. The molecule has 2 aromatic rings. The fourth-order valence-electron chi connectivity index (χ4n) is 1.69. The van der Waals surface area contributed by atoms with Gasteiger partial charge in [-0.2, -0.15) is 0 Å². The van der Waals surface area contributed by atoms with E-state index in [0.29, 0.717) is 22.6 Å². The van der Waals surface area contributed by atoms with Crippen LogP contribution in [0.5, 0.6) is 11.5 Å². The van der Waals surface area contributed by atoms with Gasteiger partial charge in [0.1, 0.15) is 5.82 Å². The quantitative estimate of drug-likeness (QED) is 0.918. The van der Waals surface area contributed by atoms with Crippen LogP contribution in [0.2, 0.25) is 0 Å². The Morgan fingerprint density at radius 1 is 1.20 bits per heavy atom. The average molecular weight is 284 g/mol. The van der Waals surface area contributed by atoms with Crippen molar-refractivity contribution in [1.29, 1.82) is 0 Å². The Balaban J connectivity index is 2.48. The molecule has 4 nitrogen and oxygen atoms in total. The van der Waals surface area contributed by atoms with E-state index in [-0.39, 0.29) is 0 Å². The number of nitrogens with zero attached hydrogens (tertiary/aromatic N) is 2. The number of hydrogen-bond donors (Lipinski definition) is 1. The molecule has 0 saturated carbocycles. The molecule has 1 aromatic carbocycles. The van der Waals surface area contributed by atoms with Gasteiger partial charge in [-0.1, -0.05) is 0 Å². The van der Waals surface area contributed by atoms with E-state index in [1.54, 1.807) is 20.0 Å². The maximum Gasteiger partial charge on any atom is 0.573 e. The third-order valence-electron chi connectivity index (χ3n) is 2.55. The molecule has 1 heterocycles. The summed E-state index contributed by atoms with van der Waals surface area (Å²) in [6, 6.07) is 3.69. The maximum absolute atomic E-state index is 12.2. The number of benzene rings is 1. The zero-order chi connectivity index (χ0) is 14.9. The first kappa shape index (κ1) is 14.1. The van der Waals surface area contributed by atoms with Crippen LogP contribution in [0.4, 0.5) is 13.2 Å². The Hall–Kier alpha value is -2.31. The van der Waals surface area contributed by atoms with E-state index in [9.17, 15) is 18.3 Å². The summed E-state index contributed by atoms with van der Waals surface area (Å²) in [4.78, 5) is 8.17. The highest BCUT2D eigenvalue weighted by atomic mass is 19.4. The Morgan fingerprint density at radius 3 is 2.55 bits per heavy atom. The number of aromatic hydroxyl groups is 1. The molecule has 0 amide bonds. The van der Waals surface area contributed by atoms with Crippen LogP contribution in [-0.2, 0) is 0 Å². The largest absolute Gasteiger partial charge is 0.573 e. The SMILES string of the molecule is Cc1ncc(C)c(-c2ccc(O)c(OC(F)(F)F)c2)n1. The van der Waals surface area contributed by atoms with E-state index in [4.69, 9.17) is 0 Å². The first-order chi connectivity index (χ1) is 9.26. The van der Waals surface area contributed by atoms with Crippen molar-refractivity contribution >= 4 is 0 Å². The average Bonchev–Trinajstić information content (AvgIpc) is 2.33. The molecular weight excluding hydrogens is 273 g/mol. The first-order valence-corrected chi connectivity index (χ1v) is 5.65. The van der Waals surface area contributed by atoms with Gasteiger partial charge in [-0.15, -0.1) is 13.2 Å². The van der Waals surface area contributed by atoms with Crippen molar-refractivity contribution in [3.63, 3.8) is 0 Å². The van der Waals surface area contributed by atoms with Gasteiger partial charge in [0.2, 0.25) is 0 Å². The lowest BCUT2D eigenvalue weighted by Crippen LogP contribution is -2.17. The molecule has 106 valence electrons. The van der Waals surface area contributed by atoms with E-state index >= 15 is 0 Å². The van der Waals surface area contributed by atoms with Gasteiger partial charge >= 0.3 is 6.36 Å². The molecule has 0 radical (unpaired) electrons. The number of alkyl halides is 3. The smallest absolute Gasteiger partial charge is 0.504 e. The zero-order valence-corrected chi connectivity index (χ0v) is 10.7. The van der Waals surface area contributed by atoms with Gasteiger partial charge in [-0.05, 0) is 37.6 Å². The molecule has 20 heavy (non-hydrogen) atoms. The lowest BCUT2D eigenvalue weighted by molar-refractivity contribution is -0.275.